The van der Waals surface area contributed by atoms with Gasteiger partial charge < -0.3 is 5.32 Å². The number of thiophene rings is 1. The number of hydrogen-bond acceptors (Lipinski definition) is 3. The molecular formula is C13H9Br2NO2S. The molecule has 0 radical (unpaired) electrons. The molecule has 1 heterocycles. The lowest BCUT2D eigenvalue weighted by Crippen LogP contribution is -2.10. The largest absolute Gasteiger partial charge is 0.321 e. The van der Waals surface area contributed by atoms with Gasteiger partial charge in [0.15, 0.2) is 5.78 Å². The number of benzene rings is 1. The fourth-order valence-corrected chi connectivity index (χ4v) is 3.37. The van der Waals surface area contributed by atoms with Crippen molar-refractivity contribution in [2.75, 3.05) is 5.32 Å². The zero-order chi connectivity index (χ0) is 14.0. The third kappa shape index (κ3) is 3.52. The monoisotopic (exact) mass is 401 g/mol. The van der Waals surface area contributed by atoms with E-state index in [1.807, 2.05) is 0 Å². The molecule has 1 N–H and O–H groups in total. The molecule has 2 rings (SSSR count). The van der Waals surface area contributed by atoms with Crippen LogP contribution in [0, 0.1) is 0 Å². The van der Waals surface area contributed by atoms with Crippen LogP contribution in [0.2, 0.25) is 0 Å². The number of rotatable bonds is 3. The molecule has 1 aromatic heterocycles. The molecule has 0 bridgehead atoms. The van der Waals surface area contributed by atoms with Gasteiger partial charge in [0.1, 0.15) is 0 Å². The van der Waals surface area contributed by atoms with Crippen LogP contribution >= 0.6 is 43.2 Å². The molecule has 0 saturated heterocycles. The van der Waals surface area contributed by atoms with Crippen LogP contribution in [0.3, 0.4) is 0 Å². The molecule has 1 aromatic carbocycles. The smallest absolute Gasteiger partial charge is 0.265 e. The molecule has 1 amide bonds. The summed E-state index contributed by atoms with van der Waals surface area (Å²) in [4.78, 5) is 23.7. The second kappa shape index (κ2) is 5.98. The maximum atomic E-state index is 12.0. The van der Waals surface area contributed by atoms with Crippen molar-refractivity contribution in [1.82, 2.24) is 0 Å². The zero-order valence-corrected chi connectivity index (χ0v) is 13.9. The number of anilines is 1. The van der Waals surface area contributed by atoms with Gasteiger partial charge in [-0.15, -0.1) is 11.3 Å². The second-order valence-corrected chi connectivity index (χ2v) is 7.04. The summed E-state index contributed by atoms with van der Waals surface area (Å²) in [7, 11) is 0. The van der Waals surface area contributed by atoms with Crippen molar-refractivity contribution in [2.24, 2.45) is 0 Å². The lowest BCUT2D eigenvalue weighted by atomic mass is 10.1. The zero-order valence-electron chi connectivity index (χ0n) is 9.87. The minimum Gasteiger partial charge on any atom is -0.321 e. The average Bonchev–Trinajstić information content (AvgIpc) is 2.70. The van der Waals surface area contributed by atoms with E-state index in [9.17, 15) is 9.59 Å². The maximum Gasteiger partial charge on any atom is 0.265 e. The van der Waals surface area contributed by atoms with E-state index in [0.717, 1.165) is 8.26 Å². The van der Waals surface area contributed by atoms with Gasteiger partial charge in [-0.2, -0.15) is 0 Å². The van der Waals surface area contributed by atoms with Gasteiger partial charge in [0.25, 0.3) is 5.91 Å². The van der Waals surface area contributed by atoms with Crippen LogP contribution in [0.15, 0.2) is 38.6 Å². The number of Topliss-reactive ketones (excluding diaryl/α,β-unsaturated/α-hetero) is 1. The normalized spacial score (nSPS) is 10.3. The summed E-state index contributed by atoms with van der Waals surface area (Å²) in [5.41, 5.74) is 1.29. The average molecular weight is 403 g/mol. The van der Waals surface area contributed by atoms with Crippen molar-refractivity contribution in [3.05, 3.63) is 49.0 Å². The van der Waals surface area contributed by atoms with Crippen LogP contribution in [0.4, 0.5) is 5.69 Å². The van der Waals surface area contributed by atoms with E-state index < -0.39 is 0 Å². The van der Waals surface area contributed by atoms with Crippen molar-refractivity contribution in [2.45, 2.75) is 6.92 Å². The van der Waals surface area contributed by atoms with Gasteiger partial charge in [-0.3, -0.25) is 9.59 Å². The van der Waals surface area contributed by atoms with Gasteiger partial charge in [-0.1, -0.05) is 0 Å². The quantitative estimate of drug-likeness (QED) is 0.754. The van der Waals surface area contributed by atoms with Crippen molar-refractivity contribution < 1.29 is 9.59 Å². The number of amides is 1. The topological polar surface area (TPSA) is 46.2 Å². The van der Waals surface area contributed by atoms with Gasteiger partial charge in [-0.25, -0.2) is 0 Å². The molecular weight excluding hydrogens is 394 g/mol. The Morgan fingerprint density at radius 2 is 1.79 bits per heavy atom. The molecule has 2 aromatic rings. The van der Waals surface area contributed by atoms with E-state index in [2.05, 4.69) is 37.2 Å². The highest BCUT2D eigenvalue weighted by atomic mass is 79.9. The summed E-state index contributed by atoms with van der Waals surface area (Å²) in [5.74, 6) is -0.170. The van der Waals surface area contributed by atoms with Gasteiger partial charge in [0.2, 0.25) is 0 Å². The van der Waals surface area contributed by atoms with Gasteiger partial charge in [-0.05, 0) is 69.1 Å². The Balaban J connectivity index is 2.12. The van der Waals surface area contributed by atoms with Gasteiger partial charge in [0.05, 0.1) is 8.66 Å². The van der Waals surface area contributed by atoms with Crippen LogP contribution in [0.5, 0.6) is 0 Å². The Morgan fingerprint density at radius 1 is 1.16 bits per heavy atom. The Hall–Kier alpha value is -0.980. The number of ketones is 1. The molecule has 0 fully saturated rings. The van der Waals surface area contributed by atoms with E-state index in [0.29, 0.717) is 16.1 Å². The maximum absolute atomic E-state index is 12.0. The summed E-state index contributed by atoms with van der Waals surface area (Å²) < 4.78 is 1.74. The van der Waals surface area contributed by atoms with Crippen LogP contribution < -0.4 is 5.32 Å². The summed E-state index contributed by atoms with van der Waals surface area (Å²) >= 11 is 8.04. The Labute approximate surface area is 131 Å². The van der Waals surface area contributed by atoms with Gasteiger partial charge in [0, 0.05) is 15.7 Å². The van der Waals surface area contributed by atoms with Crippen molar-refractivity contribution in [3.8, 4) is 0 Å². The molecule has 98 valence electrons. The van der Waals surface area contributed by atoms with Crippen LogP contribution in [0.1, 0.15) is 27.0 Å². The Morgan fingerprint density at radius 3 is 2.26 bits per heavy atom. The van der Waals surface area contributed by atoms with Gasteiger partial charge >= 0.3 is 0 Å². The molecule has 19 heavy (non-hydrogen) atoms. The molecule has 3 nitrogen and oxygen atoms in total. The van der Waals surface area contributed by atoms with E-state index >= 15 is 0 Å². The molecule has 0 unspecified atom stereocenters. The molecule has 0 aliphatic rings. The molecule has 0 atom stereocenters. The predicted molar refractivity (Wildman–Crippen MR) is 84.1 cm³/mol. The first-order valence-electron chi connectivity index (χ1n) is 5.34. The summed E-state index contributed by atoms with van der Waals surface area (Å²) in [6.45, 7) is 1.51. The molecule has 0 spiro atoms. The Kier molecular flexibility index (Phi) is 4.54. The second-order valence-electron chi connectivity index (χ2n) is 3.82. The lowest BCUT2D eigenvalue weighted by Gasteiger charge is -2.04. The first-order chi connectivity index (χ1) is 8.97. The highest BCUT2D eigenvalue weighted by molar-refractivity contribution is 9.13. The van der Waals surface area contributed by atoms with E-state index in [-0.39, 0.29) is 11.7 Å². The van der Waals surface area contributed by atoms with Crippen LogP contribution in [0.25, 0.3) is 0 Å². The number of hydrogen-bond donors (Lipinski definition) is 1. The van der Waals surface area contributed by atoms with Crippen molar-refractivity contribution in [1.29, 1.82) is 0 Å². The minimum absolute atomic E-state index is 0.00370. The fraction of sp³-hybridized carbons (Fsp3) is 0.0769. The molecule has 0 aliphatic heterocycles. The van der Waals surface area contributed by atoms with E-state index in [1.54, 1.807) is 30.3 Å². The highest BCUT2D eigenvalue weighted by Crippen LogP contribution is 2.32. The SMILES string of the molecule is CC(=O)c1ccc(NC(=O)c2cc(Br)c(Br)s2)cc1. The van der Waals surface area contributed by atoms with Crippen molar-refractivity contribution >= 4 is 60.6 Å². The lowest BCUT2D eigenvalue weighted by molar-refractivity contribution is 0.101. The first-order valence-corrected chi connectivity index (χ1v) is 7.75. The molecule has 0 saturated carbocycles. The van der Waals surface area contributed by atoms with E-state index in [1.165, 1.54) is 18.3 Å². The molecule has 6 heteroatoms. The van der Waals surface area contributed by atoms with Crippen LogP contribution in [-0.4, -0.2) is 11.7 Å². The van der Waals surface area contributed by atoms with E-state index in [4.69, 9.17) is 0 Å². The summed E-state index contributed by atoms with van der Waals surface area (Å²) in [6.07, 6.45) is 0. The molecule has 0 aliphatic carbocycles. The Bertz CT molecular complexity index is 615. The van der Waals surface area contributed by atoms with Crippen LogP contribution in [-0.2, 0) is 0 Å². The standard InChI is InChI=1S/C13H9Br2NO2S/c1-7(17)8-2-4-9(5-3-8)16-13(18)11-6-10(14)12(15)19-11/h2-6H,1H3,(H,16,18). The van der Waals surface area contributed by atoms with Crippen molar-refractivity contribution in [3.63, 3.8) is 0 Å². The number of halogens is 2. The summed E-state index contributed by atoms with van der Waals surface area (Å²) in [5, 5.41) is 2.78. The third-order valence-corrected chi connectivity index (χ3v) is 5.67. The number of carbonyl (C=O) groups excluding carboxylic acids is 2. The fourth-order valence-electron chi connectivity index (χ4n) is 1.44. The third-order valence-electron chi connectivity index (χ3n) is 2.42. The predicted octanol–water partition coefficient (Wildman–Crippen LogP) is 4.73. The summed E-state index contributed by atoms with van der Waals surface area (Å²) in [6, 6.07) is 8.57. The number of carbonyl (C=O) groups is 2. The first kappa shape index (κ1) is 14.4. The minimum atomic E-state index is -0.174. The highest BCUT2D eigenvalue weighted by Gasteiger charge is 2.12. The number of nitrogens with one attached hydrogen (secondary N) is 1.